The molecule has 4 heteroatoms. The minimum absolute atomic E-state index is 0.115. The number of halogens is 1. The average molecular weight is 216 g/mol. The largest absolute Gasteiger partial charge is 0.359 e. The molecule has 0 radical (unpaired) electrons. The minimum Gasteiger partial charge on any atom is -0.359 e. The molecule has 3 nitrogen and oxygen atoms in total. The van der Waals surface area contributed by atoms with E-state index in [9.17, 15) is 4.39 Å². The monoisotopic (exact) mass is 216 g/mol. The van der Waals surface area contributed by atoms with Gasteiger partial charge in [0.1, 0.15) is 5.72 Å². The predicted molar refractivity (Wildman–Crippen MR) is 59.1 cm³/mol. The first-order valence-corrected chi connectivity index (χ1v) is 5.39. The molecule has 1 aliphatic heterocycles. The van der Waals surface area contributed by atoms with Crippen LogP contribution in [0.5, 0.6) is 0 Å². The van der Waals surface area contributed by atoms with Gasteiger partial charge in [-0.05, 0) is 33.9 Å². The normalized spacial score (nSPS) is 27.3. The van der Waals surface area contributed by atoms with Crippen LogP contribution in [0.25, 0.3) is 0 Å². The lowest BCUT2D eigenvalue weighted by molar-refractivity contribution is -0.0411. The summed E-state index contributed by atoms with van der Waals surface area (Å²) >= 11 is 0. The molecule has 15 heavy (non-hydrogen) atoms. The summed E-state index contributed by atoms with van der Waals surface area (Å²) in [7, 11) is 2.01. The number of nitrogens with zero attached hydrogens (tertiary/aromatic N) is 1. The van der Waals surface area contributed by atoms with E-state index in [-0.39, 0.29) is 17.6 Å². The van der Waals surface area contributed by atoms with Gasteiger partial charge in [-0.3, -0.25) is 4.90 Å². The minimum atomic E-state index is -0.233. The maximum Gasteiger partial charge on any atom is 0.116 e. The van der Waals surface area contributed by atoms with Gasteiger partial charge in [0.05, 0.1) is 12.4 Å². The van der Waals surface area contributed by atoms with Crippen molar-refractivity contribution < 1.29 is 9.13 Å². The van der Waals surface area contributed by atoms with Crippen LogP contribution >= 0.6 is 0 Å². The highest BCUT2D eigenvalue weighted by Gasteiger charge is 2.36. The van der Waals surface area contributed by atoms with E-state index in [1.807, 2.05) is 20.9 Å². The van der Waals surface area contributed by atoms with Gasteiger partial charge in [0.2, 0.25) is 0 Å². The summed E-state index contributed by atoms with van der Waals surface area (Å²) < 4.78 is 18.7. The van der Waals surface area contributed by atoms with Crippen LogP contribution in [0, 0.1) is 0 Å². The fourth-order valence-corrected chi connectivity index (χ4v) is 1.68. The molecule has 0 unspecified atom stereocenters. The summed E-state index contributed by atoms with van der Waals surface area (Å²) in [6.45, 7) is 5.07. The van der Waals surface area contributed by atoms with Crippen molar-refractivity contribution in [2.24, 2.45) is 5.73 Å². The summed E-state index contributed by atoms with van der Waals surface area (Å²) in [6.07, 6.45) is 2.64. The zero-order chi connectivity index (χ0) is 11.5. The van der Waals surface area contributed by atoms with E-state index in [1.165, 1.54) is 0 Å². The third-order valence-corrected chi connectivity index (χ3v) is 3.02. The van der Waals surface area contributed by atoms with Gasteiger partial charge in [-0.15, -0.1) is 0 Å². The fraction of sp³-hybridized carbons (Fsp3) is 0.818. The molecule has 0 saturated carbocycles. The Morgan fingerprint density at radius 1 is 1.67 bits per heavy atom. The Kier molecular flexibility index (Phi) is 4.25. The Labute approximate surface area is 91.1 Å². The highest BCUT2D eigenvalue weighted by atomic mass is 19.1. The van der Waals surface area contributed by atoms with Gasteiger partial charge in [0.25, 0.3) is 0 Å². The van der Waals surface area contributed by atoms with E-state index in [0.29, 0.717) is 26.0 Å². The number of hydrogen-bond acceptors (Lipinski definition) is 3. The zero-order valence-electron chi connectivity index (χ0n) is 9.79. The van der Waals surface area contributed by atoms with Crippen molar-refractivity contribution in [3.63, 3.8) is 0 Å². The third-order valence-electron chi connectivity index (χ3n) is 3.02. The molecule has 0 bridgehead atoms. The van der Waals surface area contributed by atoms with Crippen molar-refractivity contribution >= 4 is 0 Å². The van der Waals surface area contributed by atoms with E-state index in [1.54, 1.807) is 6.08 Å². The van der Waals surface area contributed by atoms with E-state index in [2.05, 4.69) is 4.90 Å². The summed E-state index contributed by atoms with van der Waals surface area (Å²) in [4.78, 5) is 2.14. The van der Waals surface area contributed by atoms with Crippen LogP contribution in [0.1, 0.15) is 26.7 Å². The number of rotatable bonds is 4. The van der Waals surface area contributed by atoms with Crippen LogP contribution in [0.15, 0.2) is 11.9 Å². The maximum absolute atomic E-state index is 13.1. The van der Waals surface area contributed by atoms with Crippen LogP contribution in [-0.2, 0) is 4.74 Å². The molecule has 2 N–H and O–H groups in total. The Balaban J connectivity index is 2.44. The van der Waals surface area contributed by atoms with Gasteiger partial charge in [-0.25, -0.2) is 4.39 Å². The van der Waals surface area contributed by atoms with Crippen LogP contribution in [-0.4, -0.2) is 36.9 Å². The van der Waals surface area contributed by atoms with Crippen LogP contribution in [0.2, 0.25) is 0 Å². The lowest BCUT2D eigenvalue weighted by Gasteiger charge is -2.29. The molecule has 0 aromatic heterocycles. The summed E-state index contributed by atoms with van der Waals surface area (Å²) in [6, 6.07) is 0.267. The molecule has 0 aliphatic carbocycles. The van der Waals surface area contributed by atoms with Gasteiger partial charge in [-0.1, -0.05) is 6.08 Å². The van der Waals surface area contributed by atoms with Crippen molar-refractivity contribution in [1.29, 1.82) is 0 Å². The summed E-state index contributed by atoms with van der Waals surface area (Å²) in [5.74, 6) is -0.115. The molecular formula is C11H21FN2O. The number of likely N-dealkylation sites (N-methyl/N-ethyl adjacent to an activating group) is 1. The summed E-state index contributed by atoms with van der Waals surface area (Å²) in [5, 5.41) is 0. The average Bonchev–Trinajstić information content (AvgIpc) is 2.41. The van der Waals surface area contributed by atoms with Crippen molar-refractivity contribution in [3.8, 4) is 0 Å². The second-order valence-corrected chi connectivity index (χ2v) is 4.45. The highest BCUT2D eigenvalue weighted by Crippen LogP contribution is 2.27. The second kappa shape index (κ2) is 5.05. The van der Waals surface area contributed by atoms with Crippen LogP contribution in [0.3, 0.4) is 0 Å². The Morgan fingerprint density at radius 3 is 2.80 bits per heavy atom. The molecule has 1 aliphatic rings. The van der Waals surface area contributed by atoms with Crippen LogP contribution < -0.4 is 5.73 Å². The first-order chi connectivity index (χ1) is 6.97. The molecular weight excluding hydrogens is 195 g/mol. The third kappa shape index (κ3) is 3.26. The number of nitrogens with two attached hydrogens (primary N) is 1. The first kappa shape index (κ1) is 12.6. The summed E-state index contributed by atoms with van der Waals surface area (Å²) in [5.41, 5.74) is 5.03. The van der Waals surface area contributed by atoms with E-state index in [0.717, 1.165) is 0 Å². The molecule has 0 aromatic carbocycles. The highest BCUT2D eigenvalue weighted by molar-refractivity contribution is 4.97. The van der Waals surface area contributed by atoms with Crippen molar-refractivity contribution in [1.82, 2.24) is 4.90 Å². The lowest BCUT2D eigenvalue weighted by atomic mass is 10.1. The molecule has 0 aromatic rings. The Bertz CT molecular complexity index is 241. The van der Waals surface area contributed by atoms with Gasteiger partial charge in [0, 0.05) is 12.5 Å². The van der Waals surface area contributed by atoms with Crippen molar-refractivity contribution in [2.45, 2.75) is 38.5 Å². The van der Waals surface area contributed by atoms with Gasteiger partial charge >= 0.3 is 0 Å². The molecule has 1 fully saturated rings. The van der Waals surface area contributed by atoms with Gasteiger partial charge < -0.3 is 10.5 Å². The van der Waals surface area contributed by atoms with Gasteiger partial charge in [0.15, 0.2) is 0 Å². The SMILES string of the molecule is CN1[C@@H](CC=C(F)CCN)COC1(C)C. The fourth-order valence-electron chi connectivity index (χ4n) is 1.68. The molecule has 1 saturated heterocycles. The lowest BCUT2D eigenvalue weighted by Crippen LogP contribution is -2.40. The van der Waals surface area contributed by atoms with Crippen molar-refractivity contribution in [2.75, 3.05) is 20.2 Å². The number of hydrogen-bond donors (Lipinski definition) is 1. The van der Waals surface area contributed by atoms with E-state index < -0.39 is 0 Å². The van der Waals surface area contributed by atoms with E-state index >= 15 is 0 Å². The van der Waals surface area contributed by atoms with Crippen LogP contribution in [0.4, 0.5) is 4.39 Å². The predicted octanol–water partition coefficient (Wildman–Crippen LogP) is 1.65. The van der Waals surface area contributed by atoms with Crippen molar-refractivity contribution in [3.05, 3.63) is 11.9 Å². The number of ether oxygens (including phenoxy) is 1. The molecule has 0 spiro atoms. The molecule has 1 atom stereocenters. The zero-order valence-corrected chi connectivity index (χ0v) is 9.79. The standard InChI is InChI=1S/C11H21FN2O/c1-11(2)14(3)10(8-15-11)5-4-9(12)6-7-13/h4,10H,5-8,13H2,1-3H3/t10-/m0/s1. The topological polar surface area (TPSA) is 38.5 Å². The Morgan fingerprint density at radius 2 is 2.33 bits per heavy atom. The molecule has 88 valence electrons. The second-order valence-electron chi connectivity index (χ2n) is 4.45. The van der Waals surface area contributed by atoms with Gasteiger partial charge in [-0.2, -0.15) is 0 Å². The first-order valence-electron chi connectivity index (χ1n) is 5.39. The smallest absolute Gasteiger partial charge is 0.116 e. The molecule has 1 heterocycles. The maximum atomic E-state index is 13.1. The molecule has 1 rings (SSSR count). The molecule has 0 amide bonds. The quantitative estimate of drug-likeness (QED) is 0.776. The Hall–Kier alpha value is -0.450. The van der Waals surface area contributed by atoms with E-state index in [4.69, 9.17) is 10.5 Å².